The van der Waals surface area contributed by atoms with Crippen molar-refractivity contribution in [1.29, 1.82) is 0 Å². The summed E-state index contributed by atoms with van der Waals surface area (Å²) >= 11 is 0. The average molecular weight is 309 g/mol. The normalized spacial score (nSPS) is 12.3. The van der Waals surface area contributed by atoms with E-state index in [-0.39, 0.29) is 18.6 Å². The molecule has 0 saturated heterocycles. The number of imidazole rings is 1. The van der Waals surface area contributed by atoms with Gasteiger partial charge in [0.1, 0.15) is 5.82 Å². The minimum Gasteiger partial charge on any atom is -0.468 e. The van der Waals surface area contributed by atoms with Crippen molar-refractivity contribution in [3.8, 4) is 0 Å². The van der Waals surface area contributed by atoms with E-state index < -0.39 is 0 Å². The van der Waals surface area contributed by atoms with Crippen LogP contribution in [0.2, 0.25) is 0 Å². The van der Waals surface area contributed by atoms with Crippen LogP contribution in [0.1, 0.15) is 17.4 Å². The number of ether oxygens (including phenoxy) is 1. The molecule has 0 aliphatic heterocycles. The van der Waals surface area contributed by atoms with Crippen molar-refractivity contribution < 1.29 is 9.53 Å². The molecule has 5 nitrogen and oxygen atoms in total. The van der Waals surface area contributed by atoms with Crippen LogP contribution >= 0.6 is 0 Å². The van der Waals surface area contributed by atoms with E-state index in [0.29, 0.717) is 0 Å². The molecule has 0 unspecified atom stereocenters. The standard InChI is InChI=1S/C18H19N3O2/c1-21-15-11-7-6-10-14(15)20-18(21)17(19-12-16(22)23-2)13-8-4-3-5-9-13/h3-11,17,19H,12H2,1-2H3/t17-/m0/s1. The highest BCUT2D eigenvalue weighted by Crippen LogP contribution is 2.24. The Labute approximate surface area is 134 Å². The minimum absolute atomic E-state index is 0.124. The van der Waals surface area contributed by atoms with Gasteiger partial charge in [-0.05, 0) is 17.7 Å². The van der Waals surface area contributed by atoms with Crippen LogP contribution in [-0.2, 0) is 16.6 Å². The van der Waals surface area contributed by atoms with Crippen molar-refractivity contribution in [3.05, 3.63) is 66.0 Å². The number of esters is 1. The number of fused-ring (bicyclic) bond motifs is 1. The SMILES string of the molecule is COC(=O)CN[C@@H](c1ccccc1)c1nc2ccccc2n1C. The zero-order chi connectivity index (χ0) is 16.2. The summed E-state index contributed by atoms with van der Waals surface area (Å²) in [5.41, 5.74) is 3.05. The predicted molar refractivity (Wildman–Crippen MR) is 89.0 cm³/mol. The summed E-state index contributed by atoms with van der Waals surface area (Å²) in [6.07, 6.45) is 0. The summed E-state index contributed by atoms with van der Waals surface area (Å²) in [4.78, 5) is 16.3. The van der Waals surface area contributed by atoms with Gasteiger partial charge in [0, 0.05) is 7.05 Å². The van der Waals surface area contributed by atoms with Gasteiger partial charge in [-0.3, -0.25) is 10.1 Å². The van der Waals surface area contributed by atoms with E-state index in [2.05, 4.69) is 9.88 Å². The van der Waals surface area contributed by atoms with Crippen LogP contribution in [0.25, 0.3) is 11.0 Å². The molecule has 1 aromatic heterocycles. The van der Waals surface area contributed by atoms with Gasteiger partial charge in [-0.1, -0.05) is 42.5 Å². The van der Waals surface area contributed by atoms with Gasteiger partial charge in [0.25, 0.3) is 0 Å². The molecule has 1 N–H and O–H groups in total. The number of aromatic nitrogens is 2. The molecule has 0 spiro atoms. The third kappa shape index (κ3) is 3.10. The number of rotatable bonds is 5. The molecule has 0 amide bonds. The van der Waals surface area contributed by atoms with Crippen molar-refractivity contribution >= 4 is 17.0 Å². The topological polar surface area (TPSA) is 56.1 Å². The van der Waals surface area contributed by atoms with Gasteiger partial charge in [0.15, 0.2) is 0 Å². The van der Waals surface area contributed by atoms with Gasteiger partial charge in [-0.2, -0.15) is 0 Å². The molecule has 118 valence electrons. The van der Waals surface area contributed by atoms with Gasteiger partial charge in [-0.15, -0.1) is 0 Å². The first kappa shape index (κ1) is 15.2. The third-order valence-corrected chi connectivity index (χ3v) is 3.89. The summed E-state index contributed by atoms with van der Waals surface area (Å²) in [5.74, 6) is 0.561. The van der Waals surface area contributed by atoms with Crippen LogP contribution in [0, 0.1) is 0 Å². The highest BCUT2D eigenvalue weighted by atomic mass is 16.5. The Balaban J connectivity index is 2.02. The number of hydrogen-bond donors (Lipinski definition) is 1. The first-order valence-electron chi connectivity index (χ1n) is 7.47. The van der Waals surface area contributed by atoms with Crippen LogP contribution in [-0.4, -0.2) is 29.2 Å². The van der Waals surface area contributed by atoms with Crippen molar-refractivity contribution in [1.82, 2.24) is 14.9 Å². The Morgan fingerprint density at radius 2 is 1.87 bits per heavy atom. The molecule has 0 bridgehead atoms. The van der Waals surface area contributed by atoms with Crippen molar-refractivity contribution in [2.24, 2.45) is 7.05 Å². The molecular weight excluding hydrogens is 290 g/mol. The van der Waals surface area contributed by atoms with Crippen LogP contribution in [0.4, 0.5) is 0 Å². The van der Waals surface area contributed by atoms with Crippen LogP contribution < -0.4 is 5.32 Å². The molecular formula is C18H19N3O2. The summed E-state index contributed by atoms with van der Waals surface area (Å²) < 4.78 is 6.79. The molecule has 1 atom stereocenters. The molecule has 0 fully saturated rings. The quantitative estimate of drug-likeness (QED) is 0.736. The largest absolute Gasteiger partial charge is 0.468 e. The lowest BCUT2D eigenvalue weighted by Gasteiger charge is -2.18. The number of carbonyl (C=O) groups excluding carboxylic acids is 1. The molecule has 5 heteroatoms. The van der Waals surface area contributed by atoms with Crippen molar-refractivity contribution in [3.63, 3.8) is 0 Å². The smallest absolute Gasteiger partial charge is 0.319 e. The number of methoxy groups -OCH3 is 1. The molecule has 0 aliphatic rings. The number of hydrogen-bond acceptors (Lipinski definition) is 4. The number of para-hydroxylation sites is 2. The van der Waals surface area contributed by atoms with E-state index in [0.717, 1.165) is 22.4 Å². The first-order chi connectivity index (χ1) is 11.2. The summed E-state index contributed by atoms with van der Waals surface area (Å²) in [7, 11) is 3.37. The number of carbonyl (C=O) groups is 1. The van der Waals surface area contributed by atoms with Crippen LogP contribution in [0.3, 0.4) is 0 Å². The zero-order valence-corrected chi connectivity index (χ0v) is 13.2. The Morgan fingerprint density at radius 1 is 1.17 bits per heavy atom. The Hall–Kier alpha value is -2.66. The molecule has 0 radical (unpaired) electrons. The predicted octanol–water partition coefficient (Wildman–Crippen LogP) is 2.43. The van der Waals surface area contributed by atoms with Gasteiger partial charge in [-0.25, -0.2) is 4.98 Å². The summed E-state index contributed by atoms with van der Waals surface area (Å²) in [6, 6.07) is 17.8. The average Bonchev–Trinajstić information content (AvgIpc) is 2.93. The van der Waals surface area contributed by atoms with E-state index in [1.165, 1.54) is 7.11 Å². The number of nitrogens with one attached hydrogen (secondary N) is 1. The van der Waals surface area contributed by atoms with Crippen LogP contribution in [0.15, 0.2) is 54.6 Å². The van der Waals surface area contributed by atoms with Gasteiger partial charge in [0.2, 0.25) is 0 Å². The maximum atomic E-state index is 11.5. The fourth-order valence-corrected chi connectivity index (χ4v) is 2.68. The van der Waals surface area contributed by atoms with Gasteiger partial charge < -0.3 is 9.30 Å². The maximum absolute atomic E-state index is 11.5. The lowest BCUT2D eigenvalue weighted by molar-refractivity contribution is -0.139. The molecule has 3 aromatic rings. The van der Waals surface area contributed by atoms with Crippen molar-refractivity contribution in [2.45, 2.75) is 6.04 Å². The van der Waals surface area contributed by atoms with Crippen LogP contribution in [0.5, 0.6) is 0 Å². The molecule has 0 saturated carbocycles. The molecule has 2 aromatic carbocycles. The van der Waals surface area contributed by atoms with Crippen molar-refractivity contribution in [2.75, 3.05) is 13.7 Å². The fraction of sp³-hybridized carbons (Fsp3) is 0.222. The molecule has 23 heavy (non-hydrogen) atoms. The van der Waals surface area contributed by atoms with E-state index >= 15 is 0 Å². The van der Waals surface area contributed by atoms with E-state index in [1.54, 1.807) is 0 Å². The second-order valence-corrected chi connectivity index (χ2v) is 5.32. The summed E-state index contributed by atoms with van der Waals surface area (Å²) in [6.45, 7) is 0.124. The monoisotopic (exact) mass is 309 g/mol. The number of benzene rings is 2. The Morgan fingerprint density at radius 3 is 2.57 bits per heavy atom. The second-order valence-electron chi connectivity index (χ2n) is 5.32. The Bertz CT molecular complexity index is 812. The molecule has 1 heterocycles. The maximum Gasteiger partial charge on any atom is 0.319 e. The van der Waals surface area contributed by atoms with Gasteiger partial charge >= 0.3 is 5.97 Å². The second kappa shape index (κ2) is 6.62. The Kier molecular flexibility index (Phi) is 4.39. The highest BCUT2D eigenvalue weighted by Gasteiger charge is 2.21. The fourth-order valence-electron chi connectivity index (χ4n) is 2.68. The summed E-state index contributed by atoms with van der Waals surface area (Å²) in [5, 5.41) is 3.25. The highest BCUT2D eigenvalue weighted by molar-refractivity contribution is 5.76. The van der Waals surface area contributed by atoms with E-state index in [9.17, 15) is 4.79 Å². The lowest BCUT2D eigenvalue weighted by Crippen LogP contribution is -2.30. The first-order valence-corrected chi connectivity index (χ1v) is 7.47. The van der Waals surface area contributed by atoms with Gasteiger partial charge in [0.05, 0.1) is 30.7 Å². The number of aryl methyl sites for hydroxylation is 1. The zero-order valence-electron chi connectivity index (χ0n) is 13.2. The minimum atomic E-state index is -0.301. The molecule has 0 aliphatic carbocycles. The third-order valence-electron chi connectivity index (χ3n) is 3.89. The van der Waals surface area contributed by atoms with E-state index in [4.69, 9.17) is 9.72 Å². The lowest BCUT2D eigenvalue weighted by atomic mass is 10.1. The molecule has 3 rings (SSSR count). The van der Waals surface area contributed by atoms with E-state index in [1.807, 2.05) is 61.6 Å². The number of nitrogens with zero attached hydrogens (tertiary/aromatic N) is 2.